The minimum atomic E-state index is -0.0525. The second-order valence-electron chi connectivity index (χ2n) is 6.13. The summed E-state index contributed by atoms with van der Waals surface area (Å²) in [5.74, 6) is 0.755. The Balaban J connectivity index is 0.00000225. The van der Waals surface area contributed by atoms with E-state index >= 15 is 0 Å². The Hall–Kier alpha value is -1.75. The lowest BCUT2D eigenvalue weighted by Crippen LogP contribution is -2.35. The predicted octanol–water partition coefficient (Wildman–Crippen LogP) is 3.40. The molecular formula is C19H22Cl2N2O2. The monoisotopic (exact) mass is 380 g/mol. The number of amides is 1. The molecule has 6 heteroatoms. The molecule has 1 aliphatic rings. The van der Waals surface area contributed by atoms with Gasteiger partial charge < -0.3 is 15.4 Å². The van der Waals surface area contributed by atoms with Gasteiger partial charge in [0.05, 0.1) is 0 Å². The first kappa shape index (κ1) is 19.6. The van der Waals surface area contributed by atoms with Crippen LogP contribution in [0.5, 0.6) is 5.75 Å². The summed E-state index contributed by atoms with van der Waals surface area (Å²) in [4.78, 5) is 14.2. The molecule has 0 aliphatic carbocycles. The van der Waals surface area contributed by atoms with Crippen molar-refractivity contribution >= 4 is 29.9 Å². The van der Waals surface area contributed by atoms with Crippen LogP contribution in [0.3, 0.4) is 0 Å². The third-order valence-corrected chi connectivity index (χ3v) is 4.92. The third-order valence-electron chi connectivity index (χ3n) is 4.51. The second-order valence-corrected chi connectivity index (χ2v) is 6.54. The molecule has 4 nitrogen and oxygen atoms in total. The molecule has 134 valence electrons. The van der Waals surface area contributed by atoms with Gasteiger partial charge in [0.25, 0.3) is 5.91 Å². The maximum absolute atomic E-state index is 12.4. The number of benzene rings is 2. The van der Waals surface area contributed by atoms with Crippen molar-refractivity contribution in [1.29, 1.82) is 0 Å². The maximum atomic E-state index is 12.4. The van der Waals surface area contributed by atoms with Gasteiger partial charge in [-0.3, -0.25) is 4.79 Å². The Morgan fingerprint density at radius 2 is 1.92 bits per heavy atom. The molecule has 0 bridgehead atoms. The van der Waals surface area contributed by atoms with Crippen LogP contribution >= 0.6 is 24.0 Å². The van der Waals surface area contributed by atoms with Gasteiger partial charge in [-0.25, -0.2) is 0 Å². The highest BCUT2D eigenvalue weighted by Gasteiger charge is 2.33. The average Bonchev–Trinajstić information content (AvgIpc) is 2.98. The standard InChI is InChI=1S/C19H21ClN2O2.ClH/c1-13-16(20)8-5-9-18(13)24-12-19(23)22-10-15(17(21)11-22)14-6-3-2-4-7-14;/h2-9,15,17H,10-12,21H2,1H3;1H/t15-,17+;/m0./s1. The van der Waals surface area contributed by atoms with Crippen molar-refractivity contribution in [2.75, 3.05) is 19.7 Å². The van der Waals surface area contributed by atoms with Gasteiger partial charge in [-0.2, -0.15) is 0 Å². The Morgan fingerprint density at radius 1 is 1.20 bits per heavy atom. The lowest BCUT2D eigenvalue weighted by molar-refractivity contribution is -0.132. The van der Waals surface area contributed by atoms with Crippen LogP contribution in [-0.2, 0) is 4.79 Å². The molecule has 3 rings (SSSR count). The smallest absolute Gasteiger partial charge is 0.260 e. The maximum Gasteiger partial charge on any atom is 0.260 e. The molecule has 1 heterocycles. The highest BCUT2D eigenvalue weighted by molar-refractivity contribution is 6.31. The zero-order chi connectivity index (χ0) is 17.1. The summed E-state index contributed by atoms with van der Waals surface area (Å²) in [5, 5.41) is 0.632. The van der Waals surface area contributed by atoms with E-state index in [9.17, 15) is 4.79 Å². The molecule has 0 aromatic heterocycles. The van der Waals surface area contributed by atoms with Crippen molar-refractivity contribution in [1.82, 2.24) is 4.90 Å². The number of halogens is 2. The van der Waals surface area contributed by atoms with E-state index in [1.54, 1.807) is 11.0 Å². The highest BCUT2D eigenvalue weighted by Crippen LogP contribution is 2.27. The summed E-state index contributed by atoms with van der Waals surface area (Å²) in [7, 11) is 0. The number of ether oxygens (including phenoxy) is 1. The van der Waals surface area contributed by atoms with Crippen LogP contribution in [0.25, 0.3) is 0 Å². The first-order valence-electron chi connectivity index (χ1n) is 8.02. The van der Waals surface area contributed by atoms with E-state index in [0.717, 1.165) is 5.56 Å². The molecule has 2 aromatic rings. The number of hydrogen-bond donors (Lipinski definition) is 1. The Bertz CT molecular complexity index is 725. The lowest BCUT2D eigenvalue weighted by Gasteiger charge is -2.17. The van der Waals surface area contributed by atoms with Crippen LogP contribution in [0.1, 0.15) is 17.0 Å². The van der Waals surface area contributed by atoms with Crippen LogP contribution in [0.2, 0.25) is 5.02 Å². The highest BCUT2D eigenvalue weighted by atomic mass is 35.5. The summed E-state index contributed by atoms with van der Waals surface area (Å²) in [6, 6.07) is 15.5. The molecule has 0 unspecified atom stereocenters. The van der Waals surface area contributed by atoms with Gasteiger partial charge in [-0.05, 0) is 24.6 Å². The Labute approximate surface area is 159 Å². The van der Waals surface area contributed by atoms with Crippen molar-refractivity contribution in [3.63, 3.8) is 0 Å². The van der Waals surface area contributed by atoms with Crippen molar-refractivity contribution in [3.05, 3.63) is 64.7 Å². The van der Waals surface area contributed by atoms with E-state index in [4.69, 9.17) is 22.1 Å². The fraction of sp³-hybridized carbons (Fsp3) is 0.316. The molecule has 1 aliphatic heterocycles. The van der Waals surface area contributed by atoms with Crippen LogP contribution in [0, 0.1) is 6.92 Å². The molecule has 25 heavy (non-hydrogen) atoms. The van der Waals surface area contributed by atoms with Crippen molar-refractivity contribution in [3.8, 4) is 5.75 Å². The van der Waals surface area contributed by atoms with E-state index in [1.165, 1.54) is 5.56 Å². The second kappa shape index (κ2) is 8.56. The van der Waals surface area contributed by atoms with E-state index in [-0.39, 0.29) is 36.9 Å². The normalized spacial score (nSPS) is 19.4. The zero-order valence-corrected chi connectivity index (χ0v) is 15.6. The molecule has 0 saturated carbocycles. The van der Waals surface area contributed by atoms with Crippen LogP contribution in [0.4, 0.5) is 0 Å². The topological polar surface area (TPSA) is 55.6 Å². The molecule has 1 amide bonds. The summed E-state index contributed by atoms with van der Waals surface area (Å²) in [5.41, 5.74) is 8.25. The number of nitrogens with zero attached hydrogens (tertiary/aromatic N) is 1. The van der Waals surface area contributed by atoms with Crippen molar-refractivity contribution in [2.24, 2.45) is 5.73 Å². The number of hydrogen-bond acceptors (Lipinski definition) is 3. The number of rotatable bonds is 4. The minimum Gasteiger partial charge on any atom is -0.483 e. The molecular weight excluding hydrogens is 359 g/mol. The predicted molar refractivity (Wildman–Crippen MR) is 103 cm³/mol. The molecule has 0 radical (unpaired) electrons. The molecule has 2 aromatic carbocycles. The van der Waals surface area contributed by atoms with Crippen molar-refractivity contribution < 1.29 is 9.53 Å². The SMILES string of the molecule is Cc1c(Cl)cccc1OCC(=O)N1C[C@@H](N)[C@H](c2ccccc2)C1.Cl. The van der Waals surface area contributed by atoms with Gasteiger partial charge in [-0.1, -0.05) is 48.0 Å². The summed E-state index contributed by atoms with van der Waals surface area (Å²) >= 11 is 6.07. The number of carbonyl (C=O) groups is 1. The van der Waals surface area contributed by atoms with E-state index in [1.807, 2.05) is 37.3 Å². The molecule has 1 fully saturated rings. The van der Waals surface area contributed by atoms with Gasteiger partial charge in [0, 0.05) is 35.6 Å². The number of nitrogens with two attached hydrogens (primary N) is 1. The minimum absolute atomic E-state index is 0. The van der Waals surface area contributed by atoms with Crippen molar-refractivity contribution in [2.45, 2.75) is 18.9 Å². The number of carbonyl (C=O) groups excluding carboxylic acids is 1. The quantitative estimate of drug-likeness (QED) is 0.883. The fourth-order valence-electron chi connectivity index (χ4n) is 3.06. The van der Waals surface area contributed by atoms with Gasteiger partial charge in [0.2, 0.25) is 0 Å². The first-order valence-corrected chi connectivity index (χ1v) is 8.40. The molecule has 2 N–H and O–H groups in total. The first-order chi connectivity index (χ1) is 11.6. The van der Waals surface area contributed by atoms with Gasteiger partial charge in [0.1, 0.15) is 5.75 Å². The largest absolute Gasteiger partial charge is 0.483 e. The Kier molecular flexibility index (Phi) is 6.71. The van der Waals surface area contributed by atoms with Crippen LogP contribution in [-0.4, -0.2) is 36.5 Å². The molecule has 1 saturated heterocycles. The van der Waals surface area contributed by atoms with E-state index < -0.39 is 0 Å². The summed E-state index contributed by atoms with van der Waals surface area (Å²) < 4.78 is 5.65. The summed E-state index contributed by atoms with van der Waals surface area (Å²) in [6.45, 7) is 3.05. The van der Waals surface area contributed by atoms with Gasteiger partial charge in [-0.15, -0.1) is 12.4 Å². The van der Waals surface area contributed by atoms with E-state index in [0.29, 0.717) is 23.9 Å². The Morgan fingerprint density at radius 3 is 2.64 bits per heavy atom. The van der Waals surface area contributed by atoms with E-state index in [2.05, 4.69) is 12.1 Å². The molecule has 0 spiro atoms. The lowest BCUT2D eigenvalue weighted by atomic mass is 9.95. The third kappa shape index (κ3) is 4.46. The summed E-state index contributed by atoms with van der Waals surface area (Å²) in [6.07, 6.45) is 0. The fourth-order valence-corrected chi connectivity index (χ4v) is 3.23. The van der Waals surface area contributed by atoms with Gasteiger partial charge in [0.15, 0.2) is 6.61 Å². The average molecular weight is 381 g/mol. The van der Waals surface area contributed by atoms with Crippen LogP contribution < -0.4 is 10.5 Å². The molecule has 2 atom stereocenters. The number of likely N-dealkylation sites (tertiary alicyclic amines) is 1. The zero-order valence-electron chi connectivity index (χ0n) is 14.0. The van der Waals surface area contributed by atoms with Gasteiger partial charge >= 0.3 is 0 Å². The van der Waals surface area contributed by atoms with Crippen LogP contribution in [0.15, 0.2) is 48.5 Å².